The molecular formula is C17H25NOSi. The standard InChI is InChI=1S/C17H25NOSi/c1-17(2)14-10-15(17)16(19)13(11-18)12(14)8-6-7-9-20(3,4)5/h12-15H,6,8,10H2,1-5H3/t12-,13-,14-,15+/m1/s1. The van der Waals surface area contributed by atoms with Crippen molar-refractivity contribution in [3.05, 3.63) is 0 Å². The first-order valence-corrected chi connectivity index (χ1v) is 11.1. The molecule has 2 nitrogen and oxygen atoms in total. The fourth-order valence-corrected chi connectivity index (χ4v) is 4.58. The number of rotatable bonds is 2. The van der Waals surface area contributed by atoms with E-state index in [1.54, 1.807) is 0 Å². The molecule has 0 aromatic carbocycles. The van der Waals surface area contributed by atoms with Crippen molar-refractivity contribution < 1.29 is 4.79 Å². The molecule has 0 radical (unpaired) electrons. The first kappa shape index (κ1) is 15.3. The smallest absolute Gasteiger partial charge is 0.153 e. The van der Waals surface area contributed by atoms with Crippen LogP contribution < -0.4 is 0 Å². The van der Waals surface area contributed by atoms with Crippen molar-refractivity contribution in [2.45, 2.75) is 52.8 Å². The molecule has 3 saturated carbocycles. The van der Waals surface area contributed by atoms with Crippen LogP contribution in [0.4, 0.5) is 0 Å². The monoisotopic (exact) mass is 287 g/mol. The molecule has 2 bridgehead atoms. The maximum absolute atomic E-state index is 12.4. The van der Waals surface area contributed by atoms with E-state index >= 15 is 0 Å². The summed E-state index contributed by atoms with van der Waals surface area (Å²) >= 11 is 0. The van der Waals surface area contributed by atoms with Crippen molar-refractivity contribution >= 4 is 13.9 Å². The van der Waals surface area contributed by atoms with Gasteiger partial charge in [0.15, 0.2) is 5.78 Å². The minimum atomic E-state index is -1.31. The fourth-order valence-electron chi connectivity index (χ4n) is 3.92. The first-order valence-electron chi connectivity index (χ1n) is 7.62. The van der Waals surface area contributed by atoms with E-state index in [2.05, 4.69) is 51.0 Å². The average Bonchev–Trinajstić information content (AvgIpc) is 2.32. The molecule has 0 aromatic heterocycles. The van der Waals surface area contributed by atoms with Gasteiger partial charge in [0, 0.05) is 12.3 Å². The molecule has 0 aromatic rings. The third kappa shape index (κ3) is 2.57. The van der Waals surface area contributed by atoms with E-state index in [1.807, 2.05) is 0 Å². The van der Waals surface area contributed by atoms with E-state index in [1.165, 1.54) is 0 Å². The summed E-state index contributed by atoms with van der Waals surface area (Å²) in [5.41, 5.74) is 3.47. The molecule has 3 aliphatic carbocycles. The summed E-state index contributed by atoms with van der Waals surface area (Å²) in [5, 5.41) is 9.33. The lowest BCUT2D eigenvalue weighted by molar-refractivity contribution is -0.165. The van der Waals surface area contributed by atoms with Crippen molar-refractivity contribution in [1.29, 1.82) is 5.26 Å². The SMILES string of the molecule is CC1(C)[C@@H]2C[C@H]1C(=O)[C@H](C#N)[C@H]2CCC#C[Si](C)(C)C. The van der Waals surface area contributed by atoms with Crippen LogP contribution in [0.2, 0.25) is 19.6 Å². The Morgan fingerprint density at radius 1 is 1.35 bits per heavy atom. The predicted octanol–water partition coefficient (Wildman–Crippen LogP) is 3.65. The highest BCUT2D eigenvalue weighted by molar-refractivity contribution is 6.83. The van der Waals surface area contributed by atoms with Crippen LogP contribution in [-0.4, -0.2) is 13.9 Å². The number of nitriles is 1. The Bertz CT molecular complexity index is 512. The van der Waals surface area contributed by atoms with Gasteiger partial charge in [-0.2, -0.15) is 5.26 Å². The maximum atomic E-state index is 12.4. The van der Waals surface area contributed by atoms with Gasteiger partial charge in [0.05, 0.1) is 6.07 Å². The highest BCUT2D eigenvalue weighted by Gasteiger charge is 2.62. The second kappa shape index (κ2) is 5.04. The first-order chi connectivity index (χ1) is 9.18. The minimum Gasteiger partial charge on any atom is -0.298 e. The number of Topliss-reactive ketones (excluding diaryl/α,β-unsaturated/α-hetero) is 1. The molecule has 3 rings (SSSR count). The average molecular weight is 287 g/mol. The molecule has 0 aliphatic heterocycles. The fraction of sp³-hybridized carbons (Fsp3) is 0.765. The number of nitrogens with zero attached hydrogens (tertiary/aromatic N) is 1. The van der Waals surface area contributed by atoms with Gasteiger partial charge in [0.25, 0.3) is 0 Å². The predicted molar refractivity (Wildman–Crippen MR) is 83.3 cm³/mol. The molecule has 3 heteroatoms. The van der Waals surface area contributed by atoms with E-state index in [-0.39, 0.29) is 29.0 Å². The maximum Gasteiger partial charge on any atom is 0.153 e. The Hall–Kier alpha value is -1.06. The molecule has 0 amide bonds. The zero-order valence-corrected chi connectivity index (χ0v) is 14.3. The van der Waals surface area contributed by atoms with Crippen molar-refractivity contribution in [3.63, 3.8) is 0 Å². The molecule has 0 N–H and O–H groups in total. The van der Waals surface area contributed by atoms with Crippen LogP contribution in [-0.2, 0) is 4.79 Å². The second-order valence-corrected chi connectivity index (χ2v) is 12.7. The largest absolute Gasteiger partial charge is 0.298 e. The summed E-state index contributed by atoms with van der Waals surface area (Å²) in [6.07, 6.45) is 2.73. The van der Waals surface area contributed by atoms with Crippen LogP contribution in [0.5, 0.6) is 0 Å². The number of fused-ring (bicyclic) bond motifs is 2. The molecular weight excluding hydrogens is 262 g/mol. The zero-order valence-electron chi connectivity index (χ0n) is 13.3. The highest BCUT2D eigenvalue weighted by atomic mass is 28.3. The summed E-state index contributed by atoms with van der Waals surface area (Å²) in [4.78, 5) is 12.4. The molecule has 0 unspecified atom stereocenters. The minimum absolute atomic E-state index is 0.0985. The van der Waals surface area contributed by atoms with Gasteiger partial charge in [0.1, 0.15) is 14.0 Å². The van der Waals surface area contributed by atoms with Crippen LogP contribution in [0.1, 0.15) is 33.1 Å². The molecule has 0 heterocycles. The van der Waals surface area contributed by atoms with Crippen LogP contribution >= 0.6 is 0 Å². The molecule has 4 atom stereocenters. The number of hydrogen-bond acceptors (Lipinski definition) is 2. The third-order valence-electron chi connectivity index (χ3n) is 5.14. The van der Waals surface area contributed by atoms with Gasteiger partial charge >= 0.3 is 0 Å². The van der Waals surface area contributed by atoms with E-state index in [0.717, 1.165) is 19.3 Å². The van der Waals surface area contributed by atoms with E-state index in [9.17, 15) is 10.1 Å². The van der Waals surface area contributed by atoms with Crippen molar-refractivity contribution in [1.82, 2.24) is 0 Å². The molecule has 108 valence electrons. The van der Waals surface area contributed by atoms with Gasteiger partial charge in [-0.3, -0.25) is 4.79 Å². The van der Waals surface area contributed by atoms with Gasteiger partial charge in [-0.05, 0) is 30.1 Å². The molecule has 3 aliphatic rings. The lowest BCUT2D eigenvalue weighted by Crippen LogP contribution is -2.60. The lowest BCUT2D eigenvalue weighted by Gasteiger charge is -2.60. The Kier molecular flexibility index (Phi) is 3.87. The number of hydrogen-bond donors (Lipinski definition) is 0. The normalized spacial score (nSPS) is 34.5. The highest BCUT2D eigenvalue weighted by Crippen LogP contribution is 2.62. The number of carbonyl (C=O) groups is 1. The lowest BCUT2D eigenvalue weighted by atomic mass is 9.42. The van der Waals surface area contributed by atoms with Crippen LogP contribution in [0.15, 0.2) is 0 Å². The van der Waals surface area contributed by atoms with Crippen LogP contribution in [0.3, 0.4) is 0 Å². The quantitative estimate of drug-likeness (QED) is 0.574. The van der Waals surface area contributed by atoms with Gasteiger partial charge in [-0.25, -0.2) is 0 Å². The number of carbonyl (C=O) groups excluding carboxylic acids is 1. The summed E-state index contributed by atoms with van der Waals surface area (Å²) < 4.78 is 0. The van der Waals surface area contributed by atoms with Crippen LogP contribution in [0.25, 0.3) is 0 Å². The van der Waals surface area contributed by atoms with Gasteiger partial charge in [0.2, 0.25) is 0 Å². The molecule has 0 saturated heterocycles. The summed E-state index contributed by atoms with van der Waals surface area (Å²) in [6, 6.07) is 2.27. The van der Waals surface area contributed by atoms with Gasteiger partial charge < -0.3 is 0 Å². The summed E-state index contributed by atoms with van der Waals surface area (Å²) in [6.45, 7) is 11.1. The summed E-state index contributed by atoms with van der Waals surface area (Å²) in [7, 11) is -1.31. The van der Waals surface area contributed by atoms with E-state index < -0.39 is 8.07 Å². The molecule has 0 spiro atoms. The van der Waals surface area contributed by atoms with Crippen molar-refractivity contribution in [2.75, 3.05) is 0 Å². The van der Waals surface area contributed by atoms with E-state index in [4.69, 9.17) is 0 Å². The second-order valence-electron chi connectivity index (χ2n) is 7.98. The number of ketones is 1. The topological polar surface area (TPSA) is 40.9 Å². The zero-order chi connectivity index (χ0) is 15.1. The molecule has 20 heavy (non-hydrogen) atoms. The summed E-state index contributed by atoms with van der Waals surface area (Å²) in [5.74, 6) is 3.99. The Labute approximate surface area is 124 Å². The van der Waals surface area contributed by atoms with Gasteiger partial charge in [-0.1, -0.05) is 33.5 Å². The van der Waals surface area contributed by atoms with Crippen molar-refractivity contribution in [2.24, 2.45) is 29.1 Å². The molecule has 3 fully saturated rings. The van der Waals surface area contributed by atoms with Gasteiger partial charge in [-0.15, -0.1) is 11.5 Å². The Morgan fingerprint density at radius 3 is 2.50 bits per heavy atom. The third-order valence-corrected chi connectivity index (χ3v) is 6.07. The Morgan fingerprint density at radius 2 is 2.00 bits per heavy atom. The van der Waals surface area contributed by atoms with Crippen LogP contribution in [0, 0.1) is 51.9 Å². The Balaban J connectivity index is 2.07. The van der Waals surface area contributed by atoms with Crippen molar-refractivity contribution in [3.8, 4) is 17.5 Å². The van der Waals surface area contributed by atoms with E-state index in [0.29, 0.717) is 5.92 Å².